The van der Waals surface area contributed by atoms with Crippen molar-refractivity contribution < 1.29 is 14.6 Å². The topological polar surface area (TPSA) is 56.2 Å². The van der Waals surface area contributed by atoms with E-state index in [4.69, 9.17) is 4.74 Å². The third-order valence-electron chi connectivity index (χ3n) is 4.20. The molecule has 0 aromatic heterocycles. The van der Waals surface area contributed by atoms with Crippen LogP contribution in [-0.2, 0) is 9.53 Å². The lowest BCUT2D eigenvalue weighted by Crippen LogP contribution is -2.53. The fourth-order valence-corrected chi connectivity index (χ4v) is 2.52. The van der Waals surface area contributed by atoms with E-state index in [1.54, 1.807) is 6.82 Å². The molecule has 1 atom stereocenters. The molecular formula is C14H30BN3O3. The van der Waals surface area contributed by atoms with Gasteiger partial charge in [0, 0.05) is 39.3 Å². The highest BCUT2D eigenvalue weighted by molar-refractivity contribution is 6.45. The summed E-state index contributed by atoms with van der Waals surface area (Å²) in [6, 6.07) is 0.0103. The Bertz CT molecular complexity index is 281. The van der Waals surface area contributed by atoms with E-state index in [9.17, 15) is 9.82 Å². The summed E-state index contributed by atoms with van der Waals surface area (Å²) in [5.74, 6) is 0. The van der Waals surface area contributed by atoms with Crippen molar-refractivity contribution in [1.29, 1.82) is 0 Å². The fraction of sp³-hybridized carbons (Fsp3) is 0.929. The first-order valence-electron chi connectivity index (χ1n) is 8.00. The molecule has 0 saturated carbocycles. The minimum absolute atomic E-state index is 0.0103. The highest BCUT2D eigenvalue weighted by Crippen LogP contribution is 2.05. The van der Waals surface area contributed by atoms with E-state index < -0.39 is 0 Å². The van der Waals surface area contributed by atoms with Gasteiger partial charge in [-0.15, -0.1) is 0 Å². The Kier molecular flexibility index (Phi) is 9.11. The molecule has 0 spiro atoms. The average Bonchev–Trinajstić information content (AvgIpc) is 2.55. The zero-order chi connectivity index (χ0) is 15.7. The van der Waals surface area contributed by atoms with Gasteiger partial charge in [-0.2, -0.15) is 0 Å². The van der Waals surface area contributed by atoms with Crippen LogP contribution in [0.1, 0.15) is 13.8 Å². The first kappa shape index (κ1) is 18.6. The van der Waals surface area contributed by atoms with Crippen LogP contribution in [0.4, 0.5) is 0 Å². The van der Waals surface area contributed by atoms with Crippen molar-refractivity contribution in [2.45, 2.75) is 26.7 Å². The fourth-order valence-electron chi connectivity index (χ4n) is 2.52. The quantitative estimate of drug-likeness (QED) is 0.565. The van der Waals surface area contributed by atoms with Crippen molar-refractivity contribution in [3.05, 3.63) is 0 Å². The summed E-state index contributed by atoms with van der Waals surface area (Å²) in [7, 11) is -0.367. The van der Waals surface area contributed by atoms with Crippen LogP contribution in [0.25, 0.3) is 0 Å². The molecular weight excluding hydrogens is 269 g/mol. The van der Waals surface area contributed by atoms with Gasteiger partial charge in [-0.05, 0) is 20.3 Å². The number of rotatable bonds is 4. The van der Waals surface area contributed by atoms with Crippen molar-refractivity contribution in [2.24, 2.45) is 0 Å². The number of carbonyl (C=O) groups excluding carboxylic acids is 1. The monoisotopic (exact) mass is 299 g/mol. The number of morpholine rings is 1. The van der Waals surface area contributed by atoms with Crippen LogP contribution >= 0.6 is 0 Å². The molecule has 2 aliphatic rings. The third-order valence-corrected chi connectivity index (χ3v) is 4.20. The molecule has 0 aromatic carbocycles. The van der Waals surface area contributed by atoms with Crippen molar-refractivity contribution in [3.8, 4) is 0 Å². The Morgan fingerprint density at radius 1 is 1.19 bits per heavy atom. The molecule has 2 heterocycles. The van der Waals surface area contributed by atoms with E-state index in [1.165, 1.54) is 6.54 Å². The van der Waals surface area contributed by atoms with Gasteiger partial charge in [0.2, 0.25) is 0 Å². The van der Waals surface area contributed by atoms with Gasteiger partial charge < -0.3 is 19.4 Å². The van der Waals surface area contributed by atoms with Crippen LogP contribution in [0.5, 0.6) is 0 Å². The predicted molar refractivity (Wildman–Crippen MR) is 85.4 cm³/mol. The lowest BCUT2D eigenvalue weighted by molar-refractivity contribution is -0.112. The van der Waals surface area contributed by atoms with Crippen LogP contribution < -0.4 is 0 Å². The van der Waals surface area contributed by atoms with E-state index in [0.29, 0.717) is 0 Å². The normalized spacial score (nSPS) is 23.0. The Morgan fingerprint density at radius 2 is 1.76 bits per heavy atom. The zero-order valence-electron chi connectivity index (χ0n) is 13.7. The minimum Gasteiger partial charge on any atom is -0.437 e. The second kappa shape index (κ2) is 10.3. The van der Waals surface area contributed by atoms with Crippen LogP contribution in [0.2, 0.25) is 6.82 Å². The number of ether oxygens (including phenoxy) is 1. The number of piperazine rings is 1. The molecule has 2 aliphatic heterocycles. The Labute approximate surface area is 129 Å². The molecule has 2 rings (SSSR count). The maximum atomic E-state index is 10.5. The number of nitrogens with zero attached hydrogens (tertiary/aromatic N) is 3. The summed E-state index contributed by atoms with van der Waals surface area (Å²) in [6.45, 7) is 14.6. The number of hydrogen-bond acceptors (Lipinski definition) is 6. The number of carbonyl (C=O) groups is 1. The van der Waals surface area contributed by atoms with E-state index in [0.717, 1.165) is 58.8 Å². The Morgan fingerprint density at radius 3 is 2.14 bits per heavy atom. The summed E-state index contributed by atoms with van der Waals surface area (Å²) < 4.78 is 5.16. The van der Waals surface area contributed by atoms with Gasteiger partial charge in [-0.25, -0.2) is 0 Å². The average molecular weight is 299 g/mol. The van der Waals surface area contributed by atoms with Gasteiger partial charge in [-0.1, -0.05) is 6.92 Å². The molecule has 0 amide bonds. The van der Waals surface area contributed by atoms with Crippen molar-refractivity contribution >= 4 is 13.3 Å². The minimum atomic E-state index is -0.367. The van der Waals surface area contributed by atoms with Crippen LogP contribution in [0, 0.1) is 0 Å². The highest BCUT2D eigenvalue weighted by Gasteiger charge is 2.24. The first-order valence-corrected chi connectivity index (χ1v) is 8.00. The molecule has 1 N–H and O–H groups in total. The third kappa shape index (κ3) is 6.89. The molecule has 0 radical (unpaired) electrons. The largest absolute Gasteiger partial charge is 0.437 e. The highest BCUT2D eigenvalue weighted by atomic mass is 16.5. The number of likely N-dealkylation sites (N-methyl/N-ethyl adjacent to an activating group) is 1. The summed E-state index contributed by atoms with van der Waals surface area (Å²) in [5.41, 5.74) is 0. The summed E-state index contributed by atoms with van der Waals surface area (Å²) in [4.78, 5) is 17.0. The van der Waals surface area contributed by atoms with Gasteiger partial charge in [0.1, 0.15) is 6.29 Å². The van der Waals surface area contributed by atoms with Crippen LogP contribution in [0.3, 0.4) is 0 Å². The zero-order valence-corrected chi connectivity index (χ0v) is 13.7. The van der Waals surface area contributed by atoms with Gasteiger partial charge in [0.05, 0.1) is 19.3 Å². The van der Waals surface area contributed by atoms with Crippen molar-refractivity contribution in [2.75, 3.05) is 59.0 Å². The molecule has 0 aromatic rings. The number of aldehydes is 1. The SMILES string of the molecule is CB(O)N1CCN(C(C)C=O)CC1.CCN1CCOCC1. The number of hydrogen-bond donors (Lipinski definition) is 1. The van der Waals surface area contributed by atoms with Crippen molar-refractivity contribution in [1.82, 2.24) is 14.6 Å². The second-order valence-electron chi connectivity index (χ2n) is 5.63. The Hall–Kier alpha value is -0.465. The first-order chi connectivity index (χ1) is 10.1. The smallest absolute Gasteiger partial charge is 0.376 e. The standard InChI is InChI=1S/C8H17BN2O2.C6H13NO/c1-8(7-12)10-3-5-11(6-4-10)9(2)13;1-2-7-3-5-8-6-4-7/h7-8,13H,3-6H2,1-2H3;2-6H2,1H3. The second-order valence-corrected chi connectivity index (χ2v) is 5.63. The lowest BCUT2D eigenvalue weighted by atomic mass is 9.84. The molecule has 6 nitrogen and oxygen atoms in total. The van der Waals surface area contributed by atoms with Crippen molar-refractivity contribution in [3.63, 3.8) is 0 Å². The molecule has 0 aliphatic carbocycles. The van der Waals surface area contributed by atoms with Gasteiger partial charge in [0.25, 0.3) is 0 Å². The molecule has 0 bridgehead atoms. The summed E-state index contributed by atoms with van der Waals surface area (Å²) >= 11 is 0. The van der Waals surface area contributed by atoms with E-state index in [-0.39, 0.29) is 13.1 Å². The summed E-state index contributed by atoms with van der Waals surface area (Å²) in [6.07, 6.45) is 0.970. The molecule has 21 heavy (non-hydrogen) atoms. The maximum Gasteiger partial charge on any atom is 0.376 e. The van der Waals surface area contributed by atoms with Gasteiger partial charge >= 0.3 is 7.05 Å². The molecule has 1 unspecified atom stereocenters. The van der Waals surface area contributed by atoms with Gasteiger partial charge in [0.15, 0.2) is 0 Å². The molecule has 2 saturated heterocycles. The molecule has 122 valence electrons. The van der Waals surface area contributed by atoms with Gasteiger partial charge in [-0.3, -0.25) is 9.80 Å². The van der Waals surface area contributed by atoms with E-state index in [2.05, 4.69) is 16.7 Å². The van der Waals surface area contributed by atoms with E-state index >= 15 is 0 Å². The maximum absolute atomic E-state index is 10.5. The molecule has 2 fully saturated rings. The summed E-state index contributed by atoms with van der Waals surface area (Å²) in [5, 5.41) is 9.30. The molecule has 7 heteroatoms. The Balaban J connectivity index is 0.000000235. The predicted octanol–water partition coefficient (Wildman–Crippen LogP) is -0.360. The van der Waals surface area contributed by atoms with Crippen LogP contribution in [-0.4, -0.2) is 98.0 Å². The lowest BCUT2D eigenvalue weighted by Gasteiger charge is -2.36. The van der Waals surface area contributed by atoms with Crippen LogP contribution in [0.15, 0.2) is 0 Å². The van der Waals surface area contributed by atoms with E-state index in [1.807, 2.05) is 11.7 Å².